The summed E-state index contributed by atoms with van der Waals surface area (Å²) < 4.78 is 104. The van der Waals surface area contributed by atoms with Crippen molar-refractivity contribution in [3.8, 4) is 11.5 Å². The lowest BCUT2D eigenvalue weighted by Crippen LogP contribution is -2.39. The Bertz CT molecular complexity index is 1150. The van der Waals surface area contributed by atoms with E-state index in [4.69, 9.17) is 14.2 Å². The second-order valence-corrected chi connectivity index (χ2v) is 9.76. The van der Waals surface area contributed by atoms with E-state index in [2.05, 4.69) is 11.3 Å². The molecular formula is C28H28F6O5. The van der Waals surface area contributed by atoms with E-state index in [0.717, 1.165) is 18.9 Å². The van der Waals surface area contributed by atoms with Crippen LogP contribution in [0.3, 0.4) is 0 Å². The van der Waals surface area contributed by atoms with Crippen LogP contribution in [0, 0.1) is 41.0 Å². The topological polar surface area (TPSA) is 54.0 Å². The lowest BCUT2D eigenvalue weighted by atomic mass is 9.81. The Kier molecular flexibility index (Phi) is 9.22. The molecule has 1 heterocycles. The van der Waals surface area contributed by atoms with Gasteiger partial charge in [0.2, 0.25) is 0 Å². The van der Waals surface area contributed by atoms with Crippen LogP contribution in [-0.4, -0.2) is 25.5 Å². The van der Waals surface area contributed by atoms with Gasteiger partial charge < -0.3 is 18.9 Å². The summed E-state index contributed by atoms with van der Waals surface area (Å²) in [6.07, 6.45) is 1.37. The van der Waals surface area contributed by atoms with Gasteiger partial charge in [0.1, 0.15) is 22.9 Å². The van der Waals surface area contributed by atoms with E-state index in [1.165, 1.54) is 0 Å². The Balaban J connectivity index is 1.29. The molecule has 4 rings (SSSR count). The first-order valence-electron chi connectivity index (χ1n) is 12.6. The normalized spacial score (nSPS) is 23.7. The number of rotatable bonds is 9. The van der Waals surface area contributed by atoms with Crippen molar-refractivity contribution in [1.29, 1.82) is 0 Å². The summed E-state index contributed by atoms with van der Waals surface area (Å²) in [7, 11) is 0. The number of esters is 1. The zero-order valence-electron chi connectivity index (χ0n) is 20.9. The Hall–Kier alpha value is -3.05. The quantitative estimate of drug-likeness (QED) is 0.109. The second kappa shape index (κ2) is 12.4. The van der Waals surface area contributed by atoms with Gasteiger partial charge in [-0.3, -0.25) is 4.79 Å². The van der Waals surface area contributed by atoms with Gasteiger partial charge >= 0.3 is 12.1 Å². The van der Waals surface area contributed by atoms with Crippen molar-refractivity contribution in [1.82, 2.24) is 0 Å². The molecule has 1 aliphatic heterocycles. The average molecular weight is 559 g/mol. The highest BCUT2D eigenvalue weighted by atomic mass is 19.3. The Morgan fingerprint density at radius 1 is 0.949 bits per heavy atom. The Morgan fingerprint density at radius 3 is 2.15 bits per heavy atom. The van der Waals surface area contributed by atoms with Crippen molar-refractivity contribution in [2.75, 3.05) is 13.2 Å². The molecule has 0 amide bonds. The lowest BCUT2D eigenvalue weighted by molar-refractivity contribution is -0.230. The standard InChI is InChI=1S/C28H28F6O5/c1-2-3-4-16-14-36-27(37-15-16)18-7-5-17(6-8-18)26(35)38-19-9-10-21(22(29)11-19)28(33,34)39-20-12-23(30)25(32)24(31)13-20/h2,9-13,16-18,27H,1,3-8,14-15H2. The fraction of sp³-hybridized carbons (Fsp3) is 0.464. The van der Waals surface area contributed by atoms with Gasteiger partial charge in [0.25, 0.3) is 0 Å². The van der Waals surface area contributed by atoms with Gasteiger partial charge in [0.05, 0.1) is 19.1 Å². The molecule has 1 saturated heterocycles. The number of halogens is 6. The highest BCUT2D eigenvalue weighted by Crippen LogP contribution is 2.37. The fourth-order valence-corrected chi connectivity index (χ4v) is 4.77. The molecule has 0 radical (unpaired) electrons. The molecule has 0 unspecified atom stereocenters. The molecule has 39 heavy (non-hydrogen) atoms. The zero-order chi connectivity index (χ0) is 28.2. The summed E-state index contributed by atoms with van der Waals surface area (Å²) in [6.45, 7) is 4.95. The van der Waals surface area contributed by atoms with Crippen LogP contribution in [0.25, 0.3) is 0 Å². The minimum Gasteiger partial charge on any atom is -0.429 e. The molecule has 212 valence electrons. The van der Waals surface area contributed by atoms with Gasteiger partial charge in [0, 0.05) is 30.0 Å². The number of benzene rings is 2. The van der Waals surface area contributed by atoms with Crippen LogP contribution in [0.15, 0.2) is 43.0 Å². The molecule has 11 heteroatoms. The number of carbonyl (C=O) groups excluding carboxylic acids is 1. The number of carbonyl (C=O) groups is 1. The van der Waals surface area contributed by atoms with Gasteiger partial charge in [0.15, 0.2) is 23.7 Å². The monoisotopic (exact) mass is 558 g/mol. The van der Waals surface area contributed by atoms with Gasteiger partial charge in [-0.05, 0) is 50.7 Å². The molecule has 0 aromatic heterocycles. The maximum absolute atomic E-state index is 14.5. The lowest BCUT2D eigenvalue weighted by Gasteiger charge is -2.37. The molecule has 1 saturated carbocycles. The van der Waals surface area contributed by atoms with Crippen molar-refractivity contribution in [2.24, 2.45) is 17.8 Å². The van der Waals surface area contributed by atoms with E-state index in [9.17, 15) is 31.1 Å². The molecule has 1 aliphatic carbocycles. The maximum Gasteiger partial charge on any atom is 0.429 e. The molecule has 0 bridgehead atoms. The minimum absolute atomic E-state index is 0.136. The summed E-state index contributed by atoms with van der Waals surface area (Å²) in [5, 5.41) is 0. The van der Waals surface area contributed by atoms with Crippen LogP contribution in [0.5, 0.6) is 11.5 Å². The van der Waals surface area contributed by atoms with Gasteiger partial charge in [-0.25, -0.2) is 17.6 Å². The second-order valence-electron chi connectivity index (χ2n) is 9.76. The highest BCUT2D eigenvalue weighted by molar-refractivity contribution is 5.75. The number of allylic oxidation sites excluding steroid dienone is 1. The molecule has 2 aromatic rings. The molecule has 5 nitrogen and oxygen atoms in total. The summed E-state index contributed by atoms with van der Waals surface area (Å²) in [5.74, 6) is -8.77. The average Bonchev–Trinajstić information content (AvgIpc) is 2.90. The molecule has 2 aliphatic rings. The van der Waals surface area contributed by atoms with Crippen LogP contribution in [-0.2, 0) is 20.4 Å². The van der Waals surface area contributed by atoms with E-state index in [1.54, 1.807) is 0 Å². The molecule has 0 spiro atoms. The van der Waals surface area contributed by atoms with Gasteiger partial charge in [-0.2, -0.15) is 8.78 Å². The predicted molar refractivity (Wildman–Crippen MR) is 127 cm³/mol. The van der Waals surface area contributed by atoms with Crippen LogP contribution in [0.1, 0.15) is 44.1 Å². The Labute approximate surface area is 221 Å². The van der Waals surface area contributed by atoms with Crippen LogP contribution in [0.2, 0.25) is 0 Å². The van der Waals surface area contributed by atoms with E-state index in [1.807, 2.05) is 6.08 Å². The number of hydrogen-bond acceptors (Lipinski definition) is 5. The largest absolute Gasteiger partial charge is 0.429 e. The van der Waals surface area contributed by atoms with Crippen molar-refractivity contribution < 1.29 is 50.1 Å². The van der Waals surface area contributed by atoms with Gasteiger partial charge in [-0.15, -0.1) is 6.58 Å². The van der Waals surface area contributed by atoms with Crippen molar-refractivity contribution in [2.45, 2.75) is 50.9 Å². The molecular weight excluding hydrogens is 530 g/mol. The van der Waals surface area contributed by atoms with Crippen molar-refractivity contribution in [3.63, 3.8) is 0 Å². The van der Waals surface area contributed by atoms with Crippen molar-refractivity contribution >= 4 is 5.97 Å². The summed E-state index contributed by atoms with van der Waals surface area (Å²) in [6, 6.07) is 2.60. The molecule has 2 aromatic carbocycles. The summed E-state index contributed by atoms with van der Waals surface area (Å²) >= 11 is 0. The van der Waals surface area contributed by atoms with E-state index < -0.39 is 52.6 Å². The van der Waals surface area contributed by atoms with Crippen LogP contribution < -0.4 is 9.47 Å². The smallest absolute Gasteiger partial charge is 0.429 e. The first-order valence-corrected chi connectivity index (χ1v) is 12.6. The third-order valence-electron chi connectivity index (χ3n) is 6.94. The van der Waals surface area contributed by atoms with Gasteiger partial charge in [-0.1, -0.05) is 6.08 Å². The highest BCUT2D eigenvalue weighted by Gasteiger charge is 2.39. The van der Waals surface area contributed by atoms with E-state index in [-0.39, 0.29) is 30.1 Å². The molecule has 0 atom stereocenters. The molecule has 2 fully saturated rings. The van der Waals surface area contributed by atoms with Crippen LogP contribution in [0.4, 0.5) is 26.3 Å². The van der Waals surface area contributed by atoms with Crippen molar-refractivity contribution in [3.05, 3.63) is 71.8 Å². The van der Waals surface area contributed by atoms with E-state index in [0.29, 0.717) is 56.9 Å². The Morgan fingerprint density at radius 2 is 1.56 bits per heavy atom. The number of ether oxygens (including phenoxy) is 4. The number of alkyl halides is 2. The predicted octanol–water partition coefficient (Wildman–Crippen LogP) is 7.04. The SMILES string of the molecule is C=CCCC1COC(C2CCC(C(=O)Oc3ccc(C(F)(F)Oc4cc(F)c(F)c(F)c4)c(F)c3)CC2)OC1. The zero-order valence-corrected chi connectivity index (χ0v) is 20.9. The first kappa shape index (κ1) is 28.9. The third-order valence-corrected chi connectivity index (χ3v) is 6.94. The van der Waals surface area contributed by atoms with E-state index >= 15 is 0 Å². The first-order chi connectivity index (χ1) is 18.6. The fourth-order valence-electron chi connectivity index (χ4n) is 4.77. The molecule has 0 N–H and O–H groups in total. The maximum atomic E-state index is 14.5. The number of hydrogen-bond donors (Lipinski definition) is 0. The third kappa shape index (κ3) is 7.13. The summed E-state index contributed by atoms with van der Waals surface area (Å²) in [5.41, 5.74) is -1.27. The van der Waals surface area contributed by atoms with Crippen LogP contribution >= 0.6 is 0 Å². The summed E-state index contributed by atoms with van der Waals surface area (Å²) in [4.78, 5) is 12.6. The minimum atomic E-state index is -4.36.